The van der Waals surface area contributed by atoms with E-state index in [2.05, 4.69) is 10.3 Å². The molecule has 2 atom stereocenters. The van der Waals surface area contributed by atoms with Gasteiger partial charge in [-0.1, -0.05) is 71.0 Å². The van der Waals surface area contributed by atoms with Gasteiger partial charge in [0.2, 0.25) is 0 Å². The largest absolute Gasteiger partial charge is 0.477 e. The minimum absolute atomic E-state index is 0.0823. The molecule has 1 N–H and O–H groups in total. The number of nitrogens with zero attached hydrogens (tertiary/aromatic N) is 3. The number of rotatable bonds is 4. The van der Waals surface area contributed by atoms with Crippen LogP contribution in [0.5, 0.6) is 0 Å². The van der Waals surface area contributed by atoms with Crippen LogP contribution in [0.3, 0.4) is 0 Å². The predicted molar refractivity (Wildman–Crippen MR) is 111 cm³/mol. The number of carbonyl (C=O) groups excluding carboxylic acids is 1. The highest BCUT2D eigenvalue weighted by Gasteiger charge is 2.28. The van der Waals surface area contributed by atoms with E-state index in [4.69, 9.17) is 14.8 Å². The van der Waals surface area contributed by atoms with Crippen LogP contribution in [0.2, 0.25) is 0 Å². The lowest BCUT2D eigenvalue weighted by Gasteiger charge is -2.09. The van der Waals surface area contributed by atoms with Crippen LogP contribution in [0, 0.1) is 0 Å². The average molecular weight is 409 g/mol. The highest BCUT2D eigenvalue weighted by Crippen LogP contribution is 2.27. The lowest BCUT2D eigenvalue weighted by molar-refractivity contribution is -0.129. The molecular formula is C22H23N3O5. The molecule has 2 aliphatic heterocycles. The maximum Gasteiger partial charge on any atom is 0.353 e. The summed E-state index contributed by atoms with van der Waals surface area (Å²) in [5.74, 6) is -1.10. The summed E-state index contributed by atoms with van der Waals surface area (Å²) < 4.78 is 0. The van der Waals surface area contributed by atoms with Crippen molar-refractivity contribution in [1.29, 1.82) is 0 Å². The molecule has 1 amide bonds. The van der Waals surface area contributed by atoms with Crippen LogP contribution in [0.1, 0.15) is 36.2 Å². The topological polar surface area (TPSA) is 101 Å². The monoisotopic (exact) mass is 409 g/mol. The van der Waals surface area contributed by atoms with Crippen LogP contribution in [-0.2, 0) is 19.3 Å². The van der Waals surface area contributed by atoms with Crippen LogP contribution in [-0.4, -0.2) is 47.4 Å². The third-order valence-corrected chi connectivity index (χ3v) is 4.58. The molecule has 8 heteroatoms. The Morgan fingerprint density at radius 2 is 1.27 bits per heavy atom. The molecule has 0 bridgehead atoms. The minimum Gasteiger partial charge on any atom is -0.477 e. The molecule has 0 spiro atoms. The zero-order valence-electron chi connectivity index (χ0n) is 16.8. The van der Waals surface area contributed by atoms with Crippen LogP contribution < -0.4 is 0 Å². The maximum atomic E-state index is 11.6. The van der Waals surface area contributed by atoms with Crippen molar-refractivity contribution in [3.05, 3.63) is 71.8 Å². The second-order valence-corrected chi connectivity index (χ2v) is 7.00. The number of hydrogen-bond acceptors (Lipinski definition) is 6. The number of hydrogen-bond donors (Lipinski definition) is 1. The standard InChI is InChI=1S/C12H14N2O2.C10H9NO3/c1-14(2)12(15)10-8-11(16-13-10)9-6-4-3-5-7-9;12-10(13)8-6-9(14-11-8)7-4-2-1-3-5-7/h3-7,11H,8H2,1-2H3;1-5,9H,6H2,(H,12,13). The number of amides is 1. The first-order valence-corrected chi connectivity index (χ1v) is 9.46. The molecule has 0 aliphatic carbocycles. The summed E-state index contributed by atoms with van der Waals surface area (Å²) in [6.07, 6.45) is 0.503. The van der Waals surface area contributed by atoms with Crippen molar-refractivity contribution in [2.24, 2.45) is 10.3 Å². The van der Waals surface area contributed by atoms with E-state index in [0.29, 0.717) is 18.6 Å². The van der Waals surface area contributed by atoms with Crippen molar-refractivity contribution < 1.29 is 24.4 Å². The highest BCUT2D eigenvalue weighted by molar-refractivity contribution is 6.39. The van der Waals surface area contributed by atoms with E-state index >= 15 is 0 Å². The minimum atomic E-state index is -1.01. The van der Waals surface area contributed by atoms with Gasteiger partial charge in [-0.05, 0) is 11.1 Å². The van der Waals surface area contributed by atoms with Crippen LogP contribution in [0.15, 0.2) is 71.0 Å². The molecule has 8 nitrogen and oxygen atoms in total. The Hall–Kier alpha value is -3.68. The lowest BCUT2D eigenvalue weighted by atomic mass is 10.0. The van der Waals surface area contributed by atoms with Gasteiger partial charge in [-0.3, -0.25) is 4.79 Å². The van der Waals surface area contributed by atoms with Gasteiger partial charge in [-0.2, -0.15) is 0 Å². The Kier molecular flexibility index (Phi) is 6.79. The molecular weight excluding hydrogens is 386 g/mol. The van der Waals surface area contributed by atoms with Crippen molar-refractivity contribution in [3.8, 4) is 0 Å². The second-order valence-electron chi connectivity index (χ2n) is 7.00. The van der Waals surface area contributed by atoms with E-state index in [1.54, 1.807) is 14.1 Å². The molecule has 0 saturated heterocycles. The Morgan fingerprint density at radius 1 is 0.833 bits per heavy atom. The number of carbonyl (C=O) groups is 2. The van der Waals surface area contributed by atoms with Crippen LogP contribution in [0.4, 0.5) is 0 Å². The second kappa shape index (κ2) is 9.69. The third kappa shape index (κ3) is 5.22. The molecule has 2 aromatic rings. The molecule has 0 saturated carbocycles. The van der Waals surface area contributed by atoms with Crippen molar-refractivity contribution >= 4 is 23.3 Å². The molecule has 2 heterocycles. The van der Waals surface area contributed by atoms with Crippen molar-refractivity contribution in [3.63, 3.8) is 0 Å². The van der Waals surface area contributed by atoms with Gasteiger partial charge in [0.15, 0.2) is 17.9 Å². The fourth-order valence-corrected chi connectivity index (χ4v) is 2.96. The Morgan fingerprint density at radius 3 is 1.67 bits per heavy atom. The number of benzene rings is 2. The van der Waals surface area contributed by atoms with E-state index < -0.39 is 5.97 Å². The SMILES string of the molecule is CN(C)C(=O)C1=NOC(c2ccccc2)C1.O=C(O)C1=NOC(c2ccccc2)C1. The van der Waals surface area contributed by atoms with Gasteiger partial charge < -0.3 is 19.7 Å². The molecule has 4 rings (SSSR count). The molecule has 2 unspecified atom stereocenters. The Balaban J connectivity index is 0.000000172. The molecule has 156 valence electrons. The highest BCUT2D eigenvalue weighted by atomic mass is 16.6. The van der Waals surface area contributed by atoms with E-state index in [-0.39, 0.29) is 23.8 Å². The smallest absolute Gasteiger partial charge is 0.353 e. The first-order chi connectivity index (χ1) is 14.5. The fraction of sp³-hybridized carbons (Fsp3) is 0.273. The van der Waals surface area contributed by atoms with Gasteiger partial charge in [0.25, 0.3) is 5.91 Å². The fourth-order valence-electron chi connectivity index (χ4n) is 2.96. The van der Waals surface area contributed by atoms with Crippen LogP contribution >= 0.6 is 0 Å². The Bertz CT molecular complexity index is 942. The van der Waals surface area contributed by atoms with Gasteiger partial charge in [-0.15, -0.1) is 0 Å². The summed E-state index contributed by atoms with van der Waals surface area (Å²) in [6, 6.07) is 19.3. The quantitative estimate of drug-likeness (QED) is 0.836. The summed E-state index contributed by atoms with van der Waals surface area (Å²) >= 11 is 0. The zero-order valence-corrected chi connectivity index (χ0v) is 16.8. The van der Waals surface area contributed by atoms with Crippen molar-refractivity contribution in [1.82, 2.24) is 4.90 Å². The van der Waals surface area contributed by atoms with E-state index in [1.807, 2.05) is 60.7 Å². The number of carboxylic acids is 1. The van der Waals surface area contributed by atoms with Crippen molar-refractivity contribution in [2.75, 3.05) is 14.1 Å². The summed E-state index contributed by atoms with van der Waals surface area (Å²) in [7, 11) is 3.42. The summed E-state index contributed by atoms with van der Waals surface area (Å²) in [5.41, 5.74) is 2.57. The van der Waals surface area contributed by atoms with E-state index in [0.717, 1.165) is 11.1 Å². The van der Waals surface area contributed by atoms with Crippen molar-refractivity contribution in [2.45, 2.75) is 25.0 Å². The normalized spacial score (nSPS) is 19.4. The first-order valence-electron chi connectivity index (χ1n) is 9.46. The maximum absolute atomic E-state index is 11.6. The first kappa shape index (κ1) is 21.0. The number of aliphatic carboxylic acids is 1. The van der Waals surface area contributed by atoms with Gasteiger partial charge in [0.1, 0.15) is 5.71 Å². The third-order valence-electron chi connectivity index (χ3n) is 4.58. The number of carboxylic acid groups (broad SMARTS) is 1. The summed E-state index contributed by atoms with van der Waals surface area (Å²) in [6.45, 7) is 0. The van der Waals surface area contributed by atoms with Gasteiger partial charge in [0.05, 0.1) is 0 Å². The summed E-state index contributed by atoms with van der Waals surface area (Å²) in [4.78, 5) is 34.0. The van der Waals surface area contributed by atoms with E-state index in [1.165, 1.54) is 4.90 Å². The van der Waals surface area contributed by atoms with E-state index in [9.17, 15) is 9.59 Å². The molecule has 30 heavy (non-hydrogen) atoms. The van der Waals surface area contributed by atoms with Gasteiger partial charge >= 0.3 is 5.97 Å². The molecule has 0 aromatic heterocycles. The summed E-state index contributed by atoms with van der Waals surface area (Å²) in [5, 5.41) is 16.0. The Labute approximate surface area is 174 Å². The molecule has 0 radical (unpaired) electrons. The van der Waals surface area contributed by atoms with Crippen LogP contribution in [0.25, 0.3) is 0 Å². The molecule has 2 aromatic carbocycles. The lowest BCUT2D eigenvalue weighted by Crippen LogP contribution is -2.29. The molecule has 2 aliphatic rings. The number of oxime groups is 2. The predicted octanol–water partition coefficient (Wildman–Crippen LogP) is 3.18. The molecule has 0 fully saturated rings. The van der Waals surface area contributed by atoms with Gasteiger partial charge in [-0.25, -0.2) is 4.79 Å². The average Bonchev–Trinajstić information content (AvgIpc) is 3.45. The zero-order chi connectivity index (χ0) is 21.5. The van der Waals surface area contributed by atoms with Gasteiger partial charge in [0, 0.05) is 26.9 Å².